The lowest BCUT2D eigenvalue weighted by Gasteiger charge is -2.11. The highest BCUT2D eigenvalue weighted by molar-refractivity contribution is 7.90. The summed E-state index contributed by atoms with van der Waals surface area (Å²) < 4.78 is 26.8. The van der Waals surface area contributed by atoms with Crippen molar-refractivity contribution >= 4 is 22.0 Å². The highest BCUT2D eigenvalue weighted by Crippen LogP contribution is 2.15. The van der Waals surface area contributed by atoms with Gasteiger partial charge in [-0.3, -0.25) is 4.79 Å². The molecule has 0 unspecified atom stereocenters. The molecule has 0 aliphatic carbocycles. The summed E-state index contributed by atoms with van der Waals surface area (Å²) >= 11 is 0. The average molecular weight is 207 g/mol. The van der Waals surface area contributed by atoms with Crippen molar-refractivity contribution in [3.8, 4) is 0 Å². The molecule has 1 heterocycles. The molecule has 2 amide bonds. The number of nitrogens with zero attached hydrogens (tertiary/aromatic N) is 1. The molecule has 0 N–H and O–H groups in total. The van der Waals surface area contributed by atoms with E-state index in [9.17, 15) is 18.0 Å². The van der Waals surface area contributed by atoms with Gasteiger partial charge in [-0.15, -0.1) is 4.31 Å². The van der Waals surface area contributed by atoms with Gasteiger partial charge in [-0.1, -0.05) is 0 Å². The van der Waals surface area contributed by atoms with Gasteiger partial charge in [-0.2, -0.15) is 0 Å². The Morgan fingerprint density at radius 3 is 2.62 bits per heavy atom. The van der Waals surface area contributed by atoms with E-state index >= 15 is 0 Å². The summed E-state index contributed by atoms with van der Waals surface area (Å²) in [6.07, 6.45) is -1.26. The van der Waals surface area contributed by atoms with Crippen molar-refractivity contribution in [3.05, 3.63) is 0 Å². The predicted molar refractivity (Wildman–Crippen MR) is 42.3 cm³/mol. The molecule has 0 atom stereocenters. The molecule has 0 radical (unpaired) electrons. The summed E-state index contributed by atoms with van der Waals surface area (Å²) in [5.74, 6) is -1.04. The molecule has 74 valence electrons. The Morgan fingerprint density at radius 1 is 1.62 bits per heavy atom. The quantitative estimate of drug-likeness (QED) is 0.590. The first kappa shape index (κ1) is 9.97. The molecule has 1 rings (SSSR count). The van der Waals surface area contributed by atoms with Gasteiger partial charge >= 0.3 is 6.09 Å². The lowest BCUT2D eigenvalue weighted by molar-refractivity contribution is -0.123. The summed E-state index contributed by atoms with van der Waals surface area (Å²) in [6.45, 7) is 1.57. The van der Waals surface area contributed by atoms with Crippen molar-refractivity contribution in [1.82, 2.24) is 4.31 Å². The Labute approximate surface area is 75.5 Å². The standard InChI is InChI=1S/C6H9NO5S/c1-2-12-6(9)7-5(8)3-4-13(7,10)11/h2-4H2,1H3. The second kappa shape index (κ2) is 3.33. The van der Waals surface area contributed by atoms with Gasteiger partial charge < -0.3 is 4.74 Å². The maximum Gasteiger partial charge on any atom is 0.430 e. The minimum atomic E-state index is -3.75. The van der Waals surface area contributed by atoms with Crippen LogP contribution in [0.3, 0.4) is 0 Å². The summed E-state index contributed by atoms with van der Waals surface area (Å²) in [7, 11) is -3.75. The lowest BCUT2D eigenvalue weighted by atomic mass is 10.5. The fourth-order valence-electron chi connectivity index (χ4n) is 0.962. The number of sulfonamides is 1. The Balaban J connectivity index is 2.89. The van der Waals surface area contributed by atoms with Crippen LogP contribution in [0.4, 0.5) is 4.79 Å². The molecule has 0 saturated carbocycles. The molecule has 1 aliphatic rings. The average Bonchev–Trinajstić information content (AvgIpc) is 2.26. The van der Waals surface area contributed by atoms with Crippen LogP contribution in [0.15, 0.2) is 0 Å². The maximum absolute atomic E-state index is 11.1. The van der Waals surface area contributed by atoms with Crippen molar-refractivity contribution in [2.24, 2.45) is 0 Å². The summed E-state index contributed by atoms with van der Waals surface area (Å²) in [4.78, 5) is 21.9. The van der Waals surface area contributed by atoms with Crippen molar-refractivity contribution in [1.29, 1.82) is 0 Å². The summed E-state index contributed by atoms with van der Waals surface area (Å²) in [5, 5.41) is 0. The van der Waals surface area contributed by atoms with Gasteiger partial charge in [-0.25, -0.2) is 13.2 Å². The third-order valence-electron chi connectivity index (χ3n) is 1.51. The van der Waals surface area contributed by atoms with Gasteiger partial charge in [-0.05, 0) is 6.92 Å². The second-order valence-corrected chi connectivity index (χ2v) is 4.36. The van der Waals surface area contributed by atoms with Crippen molar-refractivity contribution in [2.75, 3.05) is 12.4 Å². The van der Waals surface area contributed by atoms with Gasteiger partial charge in [0.05, 0.1) is 12.4 Å². The molecule has 0 spiro atoms. The van der Waals surface area contributed by atoms with Gasteiger partial charge in [0.25, 0.3) is 0 Å². The molecule has 0 aromatic heterocycles. The zero-order valence-electron chi connectivity index (χ0n) is 7.02. The van der Waals surface area contributed by atoms with E-state index in [1.807, 2.05) is 0 Å². The fraction of sp³-hybridized carbons (Fsp3) is 0.667. The Hall–Kier alpha value is -1.11. The zero-order chi connectivity index (χ0) is 10.1. The van der Waals surface area contributed by atoms with Gasteiger partial charge in [0, 0.05) is 6.42 Å². The summed E-state index contributed by atoms with van der Waals surface area (Å²) in [6, 6.07) is 0. The first-order chi connectivity index (χ1) is 5.99. The predicted octanol–water partition coefficient (Wildman–Crippen LogP) is -0.295. The molecular weight excluding hydrogens is 198 g/mol. The smallest absolute Gasteiger partial charge is 0.430 e. The zero-order valence-corrected chi connectivity index (χ0v) is 7.83. The van der Waals surface area contributed by atoms with Crippen LogP contribution in [-0.2, 0) is 19.6 Å². The first-order valence-electron chi connectivity index (χ1n) is 3.71. The molecule has 0 aromatic rings. The van der Waals surface area contributed by atoms with E-state index < -0.39 is 22.0 Å². The third-order valence-corrected chi connectivity index (χ3v) is 3.14. The summed E-state index contributed by atoms with van der Waals surface area (Å²) in [5.41, 5.74) is 0. The van der Waals surface area contributed by atoms with Crippen LogP contribution in [0.5, 0.6) is 0 Å². The monoisotopic (exact) mass is 207 g/mol. The van der Waals surface area contributed by atoms with E-state index in [2.05, 4.69) is 4.74 Å². The molecule has 0 bridgehead atoms. The molecule has 6 nitrogen and oxygen atoms in total. The number of hydrogen-bond donors (Lipinski definition) is 0. The number of amides is 2. The highest BCUT2D eigenvalue weighted by Gasteiger charge is 2.41. The van der Waals surface area contributed by atoms with E-state index in [0.717, 1.165) is 0 Å². The second-order valence-electron chi connectivity index (χ2n) is 2.42. The molecule has 1 saturated heterocycles. The first-order valence-corrected chi connectivity index (χ1v) is 5.32. The van der Waals surface area contributed by atoms with Crippen molar-refractivity contribution < 1.29 is 22.7 Å². The van der Waals surface area contributed by atoms with Gasteiger partial charge in [0.15, 0.2) is 0 Å². The van der Waals surface area contributed by atoms with Gasteiger partial charge in [0.2, 0.25) is 15.9 Å². The topological polar surface area (TPSA) is 80.8 Å². The maximum atomic E-state index is 11.1. The van der Waals surface area contributed by atoms with E-state index in [1.54, 1.807) is 0 Å². The number of imide groups is 1. The van der Waals surface area contributed by atoms with E-state index in [1.165, 1.54) is 6.92 Å². The number of hydrogen-bond acceptors (Lipinski definition) is 5. The molecule has 7 heteroatoms. The molecule has 1 fully saturated rings. The highest BCUT2D eigenvalue weighted by atomic mass is 32.2. The largest absolute Gasteiger partial charge is 0.449 e. The van der Waals surface area contributed by atoms with Crippen molar-refractivity contribution in [3.63, 3.8) is 0 Å². The van der Waals surface area contributed by atoms with Crippen molar-refractivity contribution in [2.45, 2.75) is 13.3 Å². The van der Waals surface area contributed by atoms with E-state index in [4.69, 9.17) is 0 Å². The van der Waals surface area contributed by atoms with E-state index in [-0.39, 0.29) is 23.1 Å². The van der Waals surface area contributed by atoms with Crippen LogP contribution in [0.25, 0.3) is 0 Å². The minimum absolute atomic E-state index is 0.0398. The fourth-order valence-corrected chi connectivity index (χ4v) is 2.26. The number of rotatable bonds is 1. The Morgan fingerprint density at radius 2 is 2.23 bits per heavy atom. The lowest BCUT2D eigenvalue weighted by Crippen LogP contribution is -2.36. The van der Waals surface area contributed by atoms with Crippen LogP contribution in [0, 0.1) is 0 Å². The molecule has 0 aromatic carbocycles. The third kappa shape index (κ3) is 1.80. The minimum Gasteiger partial charge on any atom is -0.449 e. The number of carbonyl (C=O) groups is 2. The number of carbonyl (C=O) groups excluding carboxylic acids is 2. The number of ether oxygens (including phenoxy) is 1. The molecular formula is C6H9NO5S. The van der Waals surface area contributed by atoms with Crippen LogP contribution < -0.4 is 0 Å². The van der Waals surface area contributed by atoms with Crippen LogP contribution in [0.2, 0.25) is 0 Å². The SMILES string of the molecule is CCOC(=O)N1C(=O)CCS1(=O)=O. The van der Waals surface area contributed by atoms with E-state index in [0.29, 0.717) is 0 Å². The molecule has 1 aliphatic heterocycles. The molecule has 13 heavy (non-hydrogen) atoms. The van der Waals surface area contributed by atoms with Gasteiger partial charge in [0.1, 0.15) is 0 Å². The van der Waals surface area contributed by atoms with Crippen LogP contribution in [0.1, 0.15) is 13.3 Å². The normalized spacial score (nSPS) is 20.4. The van der Waals surface area contributed by atoms with Crippen LogP contribution in [-0.4, -0.2) is 37.1 Å². The Kier molecular flexibility index (Phi) is 2.55. The van der Waals surface area contributed by atoms with Crippen LogP contribution >= 0.6 is 0 Å². The Bertz CT molecular complexity index is 333.